The molecule has 1 N–H and O–H groups in total. The highest BCUT2D eigenvalue weighted by Gasteiger charge is 2.36. The smallest absolute Gasteiger partial charge is 0.261 e. The molecule has 1 aromatic heterocycles. The molecule has 0 radical (unpaired) electrons. The number of carbonyl (C=O) groups excluding carboxylic acids is 2. The molecule has 0 bridgehead atoms. The summed E-state index contributed by atoms with van der Waals surface area (Å²) < 4.78 is 5.24. The molecule has 7 nitrogen and oxygen atoms in total. The van der Waals surface area contributed by atoms with E-state index >= 15 is 0 Å². The van der Waals surface area contributed by atoms with Crippen LogP contribution in [-0.2, 0) is 0 Å². The number of rotatable bonds is 6. The number of fused-ring (bicyclic) bond motifs is 1. The third-order valence-corrected chi connectivity index (χ3v) is 5.31. The first-order valence-electron chi connectivity index (χ1n) is 9.60. The van der Waals surface area contributed by atoms with Crippen molar-refractivity contribution < 1.29 is 14.1 Å². The fourth-order valence-electron chi connectivity index (χ4n) is 3.82. The minimum Gasteiger partial charge on any atom is -0.361 e. The van der Waals surface area contributed by atoms with Crippen LogP contribution in [0.3, 0.4) is 0 Å². The Balaban J connectivity index is 1.60. The number of carbonyl (C=O) groups is 2. The van der Waals surface area contributed by atoms with Crippen LogP contribution in [0.5, 0.6) is 0 Å². The Morgan fingerprint density at radius 2 is 1.70 bits per heavy atom. The highest BCUT2D eigenvalue weighted by Crippen LogP contribution is 2.29. The van der Waals surface area contributed by atoms with Crippen molar-refractivity contribution >= 4 is 11.8 Å². The van der Waals surface area contributed by atoms with E-state index in [0.717, 1.165) is 28.1 Å². The normalized spacial score (nSPS) is 14.0. The second-order valence-electron chi connectivity index (χ2n) is 7.18. The van der Waals surface area contributed by atoms with E-state index in [1.807, 2.05) is 38.1 Å². The van der Waals surface area contributed by atoms with Gasteiger partial charge in [0.2, 0.25) is 0 Å². The molecule has 0 spiro atoms. The van der Waals surface area contributed by atoms with Crippen molar-refractivity contribution in [2.24, 2.45) is 0 Å². The molecule has 2 aromatic carbocycles. The summed E-state index contributed by atoms with van der Waals surface area (Å²) in [5, 5.41) is 16.1. The lowest BCUT2D eigenvalue weighted by Gasteiger charge is -2.23. The van der Waals surface area contributed by atoms with Crippen molar-refractivity contribution in [2.45, 2.75) is 19.9 Å². The summed E-state index contributed by atoms with van der Waals surface area (Å²) in [4.78, 5) is 26.7. The predicted molar refractivity (Wildman–Crippen MR) is 110 cm³/mol. The topological polar surface area (TPSA) is 99.2 Å². The molecule has 0 aliphatic carbocycles. The van der Waals surface area contributed by atoms with Gasteiger partial charge in [-0.2, -0.15) is 5.26 Å². The Hall–Kier alpha value is -3.76. The van der Waals surface area contributed by atoms with Gasteiger partial charge in [-0.1, -0.05) is 41.6 Å². The van der Waals surface area contributed by atoms with Crippen LogP contribution in [0, 0.1) is 25.2 Å². The number of aromatic nitrogens is 1. The van der Waals surface area contributed by atoms with Crippen molar-refractivity contribution in [3.63, 3.8) is 0 Å². The molecule has 0 saturated heterocycles. The summed E-state index contributed by atoms with van der Waals surface area (Å²) in [6, 6.07) is 16.2. The van der Waals surface area contributed by atoms with E-state index in [4.69, 9.17) is 9.78 Å². The average Bonchev–Trinajstić information content (AvgIpc) is 3.22. The number of nitrogens with one attached hydrogen (secondary N) is 1. The molecule has 4 rings (SSSR count). The van der Waals surface area contributed by atoms with Gasteiger partial charge in [-0.05, 0) is 37.1 Å². The maximum Gasteiger partial charge on any atom is 0.261 e. The first-order chi connectivity index (χ1) is 14.5. The molecule has 2 amide bonds. The van der Waals surface area contributed by atoms with Crippen LogP contribution in [0.4, 0.5) is 0 Å². The summed E-state index contributed by atoms with van der Waals surface area (Å²) in [5.74, 6) is 0.115. The number of imide groups is 1. The molecule has 0 unspecified atom stereocenters. The first-order valence-corrected chi connectivity index (χ1v) is 9.60. The average molecular weight is 400 g/mol. The Kier molecular flexibility index (Phi) is 5.17. The standard InChI is InChI=1S/C23H20N4O3/c1-14-21(15(2)30-26-14)17-9-7-16(8-10-17)20(25-12-11-24)13-27-22(28)18-5-3-4-6-19(18)23(27)29/h3-10,20,25H,12-13H2,1-2H3/t20-/m0/s1. The fourth-order valence-corrected chi connectivity index (χ4v) is 3.82. The second kappa shape index (κ2) is 7.93. The van der Waals surface area contributed by atoms with Gasteiger partial charge in [-0.15, -0.1) is 0 Å². The van der Waals surface area contributed by atoms with Gasteiger partial charge in [0.25, 0.3) is 11.8 Å². The third-order valence-electron chi connectivity index (χ3n) is 5.31. The van der Waals surface area contributed by atoms with E-state index in [1.165, 1.54) is 4.90 Å². The quantitative estimate of drug-likeness (QED) is 0.503. The molecule has 30 heavy (non-hydrogen) atoms. The van der Waals surface area contributed by atoms with Crippen LogP contribution in [0.1, 0.15) is 43.8 Å². The highest BCUT2D eigenvalue weighted by atomic mass is 16.5. The van der Waals surface area contributed by atoms with E-state index in [9.17, 15) is 9.59 Å². The molecular formula is C23H20N4O3. The van der Waals surface area contributed by atoms with E-state index in [1.54, 1.807) is 24.3 Å². The van der Waals surface area contributed by atoms with Crippen LogP contribution in [0.2, 0.25) is 0 Å². The number of nitrogens with zero attached hydrogens (tertiary/aromatic N) is 3. The third kappa shape index (κ3) is 3.38. The predicted octanol–water partition coefficient (Wildman–Crippen LogP) is 3.41. The van der Waals surface area contributed by atoms with E-state index in [-0.39, 0.29) is 30.9 Å². The number of hydrogen-bond acceptors (Lipinski definition) is 6. The zero-order valence-electron chi connectivity index (χ0n) is 16.7. The second-order valence-corrected chi connectivity index (χ2v) is 7.18. The molecule has 3 aromatic rings. The summed E-state index contributed by atoms with van der Waals surface area (Å²) in [6.07, 6.45) is 0. The maximum atomic E-state index is 12.7. The van der Waals surface area contributed by atoms with Crippen molar-refractivity contribution in [3.05, 3.63) is 76.7 Å². The van der Waals surface area contributed by atoms with E-state index in [2.05, 4.69) is 16.5 Å². The number of aryl methyl sites for hydroxylation is 2. The summed E-state index contributed by atoms with van der Waals surface area (Å²) in [6.45, 7) is 3.99. The lowest BCUT2D eigenvalue weighted by molar-refractivity contribution is 0.0639. The van der Waals surface area contributed by atoms with Gasteiger partial charge < -0.3 is 4.52 Å². The number of benzene rings is 2. The molecule has 0 saturated carbocycles. The van der Waals surface area contributed by atoms with Crippen molar-refractivity contribution in [1.82, 2.24) is 15.4 Å². The molecule has 1 aliphatic rings. The molecule has 0 fully saturated rings. The summed E-state index contributed by atoms with van der Waals surface area (Å²) in [5.41, 5.74) is 4.42. The van der Waals surface area contributed by atoms with Crippen LogP contribution < -0.4 is 5.32 Å². The molecule has 1 atom stereocenters. The van der Waals surface area contributed by atoms with Crippen molar-refractivity contribution in [2.75, 3.05) is 13.1 Å². The minimum atomic E-state index is -0.370. The zero-order valence-corrected chi connectivity index (χ0v) is 16.7. The molecular weight excluding hydrogens is 380 g/mol. The van der Waals surface area contributed by atoms with Gasteiger partial charge in [0, 0.05) is 12.1 Å². The number of amides is 2. The van der Waals surface area contributed by atoms with Gasteiger partial charge >= 0.3 is 0 Å². The Bertz CT molecular complexity index is 1100. The molecule has 2 heterocycles. The van der Waals surface area contributed by atoms with Crippen LogP contribution in [-0.4, -0.2) is 35.0 Å². The zero-order chi connectivity index (χ0) is 21.3. The largest absolute Gasteiger partial charge is 0.361 e. The van der Waals surface area contributed by atoms with Crippen LogP contribution >= 0.6 is 0 Å². The van der Waals surface area contributed by atoms with Gasteiger partial charge in [0.1, 0.15) is 5.76 Å². The maximum absolute atomic E-state index is 12.7. The van der Waals surface area contributed by atoms with Gasteiger partial charge in [0.05, 0.1) is 35.5 Å². The van der Waals surface area contributed by atoms with Gasteiger partial charge in [0.15, 0.2) is 0 Å². The lowest BCUT2D eigenvalue weighted by Crippen LogP contribution is -2.38. The lowest BCUT2D eigenvalue weighted by atomic mass is 9.99. The summed E-state index contributed by atoms with van der Waals surface area (Å²) >= 11 is 0. The Labute approximate surface area is 173 Å². The Morgan fingerprint density at radius 3 is 2.23 bits per heavy atom. The highest BCUT2D eigenvalue weighted by molar-refractivity contribution is 6.21. The monoisotopic (exact) mass is 400 g/mol. The molecule has 7 heteroatoms. The minimum absolute atomic E-state index is 0.0967. The molecule has 150 valence electrons. The SMILES string of the molecule is Cc1noc(C)c1-c1ccc([C@H](CN2C(=O)c3ccccc3C2=O)NCC#N)cc1. The number of hydrogen-bond donors (Lipinski definition) is 1. The van der Waals surface area contributed by atoms with Crippen molar-refractivity contribution in [1.29, 1.82) is 5.26 Å². The first kappa shape index (κ1) is 19.6. The number of nitriles is 1. The van der Waals surface area contributed by atoms with Gasteiger partial charge in [-0.3, -0.25) is 19.8 Å². The molecule has 1 aliphatic heterocycles. The summed E-state index contributed by atoms with van der Waals surface area (Å²) in [7, 11) is 0. The van der Waals surface area contributed by atoms with Crippen LogP contribution in [0.15, 0.2) is 53.1 Å². The van der Waals surface area contributed by atoms with E-state index < -0.39 is 0 Å². The van der Waals surface area contributed by atoms with Crippen molar-refractivity contribution in [3.8, 4) is 17.2 Å². The van der Waals surface area contributed by atoms with E-state index in [0.29, 0.717) is 11.1 Å². The Morgan fingerprint density at radius 1 is 1.07 bits per heavy atom. The fraction of sp³-hybridized carbons (Fsp3) is 0.217. The van der Waals surface area contributed by atoms with Crippen LogP contribution in [0.25, 0.3) is 11.1 Å². The van der Waals surface area contributed by atoms with Gasteiger partial charge in [-0.25, -0.2) is 0 Å².